The van der Waals surface area contributed by atoms with Crippen molar-refractivity contribution in [1.29, 1.82) is 0 Å². The van der Waals surface area contributed by atoms with Crippen molar-refractivity contribution in [3.63, 3.8) is 0 Å². The molecule has 0 aromatic carbocycles. The monoisotopic (exact) mass is 253 g/mol. The maximum absolute atomic E-state index is 12.1. The molecule has 1 amide bonds. The van der Waals surface area contributed by atoms with Crippen LogP contribution >= 0.6 is 0 Å². The third kappa shape index (κ3) is 2.87. The van der Waals surface area contributed by atoms with E-state index in [0.29, 0.717) is 31.5 Å². The summed E-state index contributed by atoms with van der Waals surface area (Å²) in [5.74, 6) is 1.42. The first-order chi connectivity index (χ1) is 8.58. The Morgan fingerprint density at radius 3 is 2.89 bits per heavy atom. The van der Waals surface area contributed by atoms with Crippen LogP contribution in [0.2, 0.25) is 0 Å². The largest absolute Gasteiger partial charge is 0.381 e. The van der Waals surface area contributed by atoms with Gasteiger partial charge in [-0.15, -0.1) is 0 Å². The molecule has 0 aliphatic carbocycles. The number of amides is 1. The molecule has 0 N–H and O–H groups in total. The highest BCUT2D eigenvalue weighted by Crippen LogP contribution is 2.16. The van der Waals surface area contributed by atoms with Crippen LogP contribution in [0.4, 0.5) is 0 Å². The smallest absolute Gasteiger partial charge is 0.229 e. The normalized spacial score (nSPS) is 19.4. The molecule has 1 aromatic rings. The molecule has 18 heavy (non-hydrogen) atoms. The SMILES string of the molecule is CC(C)c1nc(CN(C)C(=O)[C@@H]2CCOC2)no1. The predicted molar refractivity (Wildman–Crippen MR) is 63.8 cm³/mol. The number of hydrogen-bond acceptors (Lipinski definition) is 5. The number of hydrogen-bond donors (Lipinski definition) is 0. The molecule has 0 spiro atoms. The first kappa shape index (κ1) is 13.0. The summed E-state index contributed by atoms with van der Waals surface area (Å²) < 4.78 is 10.3. The Hall–Kier alpha value is -1.43. The molecule has 1 aromatic heterocycles. The van der Waals surface area contributed by atoms with Gasteiger partial charge in [-0.2, -0.15) is 4.98 Å². The van der Waals surface area contributed by atoms with Crippen molar-refractivity contribution in [3.05, 3.63) is 11.7 Å². The van der Waals surface area contributed by atoms with Crippen LogP contribution in [0.25, 0.3) is 0 Å². The average molecular weight is 253 g/mol. The highest BCUT2D eigenvalue weighted by Gasteiger charge is 2.27. The Bertz CT molecular complexity index is 410. The van der Waals surface area contributed by atoms with Crippen molar-refractivity contribution < 1.29 is 14.1 Å². The van der Waals surface area contributed by atoms with Crippen LogP contribution in [0.15, 0.2) is 4.52 Å². The van der Waals surface area contributed by atoms with Gasteiger partial charge in [0.25, 0.3) is 0 Å². The fraction of sp³-hybridized carbons (Fsp3) is 0.750. The second-order valence-corrected chi connectivity index (χ2v) is 4.96. The van der Waals surface area contributed by atoms with E-state index in [-0.39, 0.29) is 17.7 Å². The molecular weight excluding hydrogens is 234 g/mol. The first-order valence-corrected chi connectivity index (χ1v) is 6.23. The summed E-state index contributed by atoms with van der Waals surface area (Å²) in [6.07, 6.45) is 0.798. The van der Waals surface area contributed by atoms with Gasteiger partial charge in [-0.25, -0.2) is 0 Å². The fourth-order valence-electron chi connectivity index (χ4n) is 1.90. The van der Waals surface area contributed by atoms with Crippen LogP contribution in [0.3, 0.4) is 0 Å². The molecule has 1 aliphatic heterocycles. The maximum atomic E-state index is 12.1. The molecule has 0 radical (unpaired) electrons. The summed E-state index contributed by atoms with van der Waals surface area (Å²) in [6, 6.07) is 0. The van der Waals surface area contributed by atoms with Crippen LogP contribution in [0.5, 0.6) is 0 Å². The van der Waals surface area contributed by atoms with E-state index in [1.54, 1.807) is 11.9 Å². The summed E-state index contributed by atoms with van der Waals surface area (Å²) in [5, 5.41) is 3.88. The molecule has 1 aliphatic rings. The Balaban J connectivity index is 1.93. The van der Waals surface area contributed by atoms with Gasteiger partial charge < -0.3 is 14.2 Å². The summed E-state index contributed by atoms with van der Waals surface area (Å²) in [7, 11) is 1.76. The van der Waals surface area contributed by atoms with E-state index in [9.17, 15) is 4.79 Å². The maximum Gasteiger partial charge on any atom is 0.229 e. The Labute approximate surface area is 106 Å². The van der Waals surface area contributed by atoms with Crippen molar-refractivity contribution in [2.24, 2.45) is 5.92 Å². The lowest BCUT2D eigenvalue weighted by Gasteiger charge is -2.18. The van der Waals surface area contributed by atoms with E-state index in [0.717, 1.165) is 6.42 Å². The zero-order chi connectivity index (χ0) is 13.1. The molecule has 1 fully saturated rings. The molecule has 0 unspecified atom stereocenters. The minimum atomic E-state index is -0.0218. The first-order valence-electron chi connectivity index (χ1n) is 6.23. The van der Waals surface area contributed by atoms with E-state index >= 15 is 0 Å². The minimum absolute atomic E-state index is 0.0218. The van der Waals surface area contributed by atoms with Gasteiger partial charge in [0, 0.05) is 19.6 Å². The standard InChI is InChI=1S/C12H19N3O3/c1-8(2)11-13-10(14-18-11)6-15(3)12(16)9-4-5-17-7-9/h8-9H,4-7H2,1-3H3/t9-/m1/s1. The van der Waals surface area contributed by atoms with Crippen molar-refractivity contribution in [3.8, 4) is 0 Å². The van der Waals surface area contributed by atoms with Gasteiger partial charge >= 0.3 is 0 Å². The van der Waals surface area contributed by atoms with Gasteiger partial charge in [0.2, 0.25) is 11.8 Å². The Morgan fingerprint density at radius 2 is 2.33 bits per heavy atom. The van der Waals surface area contributed by atoms with E-state index < -0.39 is 0 Å². The molecule has 6 nitrogen and oxygen atoms in total. The zero-order valence-corrected chi connectivity index (χ0v) is 11.0. The second kappa shape index (κ2) is 5.48. The molecule has 0 saturated carbocycles. The van der Waals surface area contributed by atoms with Crippen LogP contribution in [-0.2, 0) is 16.1 Å². The van der Waals surface area contributed by atoms with Crippen LogP contribution < -0.4 is 0 Å². The van der Waals surface area contributed by atoms with E-state index in [1.165, 1.54) is 0 Å². The molecule has 6 heteroatoms. The zero-order valence-electron chi connectivity index (χ0n) is 11.0. The lowest BCUT2D eigenvalue weighted by atomic mass is 10.1. The molecule has 0 bridgehead atoms. The summed E-state index contributed by atoms with van der Waals surface area (Å²) in [4.78, 5) is 17.9. The quantitative estimate of drug-likeness (QED) is 0.806. The third-order valence-corrected chi connectivity index (χ3v) is 3.01. The fourth-order valence-corrected chi connectivity index (χ4v) is 1.90. The van der Waals surface area contributed by atoms with Gasteiger partial charge in [0.05, 0.1) is 19.1 Å². The third-order valence-electron chi connectivity index (χ3n) is 3.01. The average Bonchev–Trinajstić information content (AvgIpc) is 2.98. The number of carbonyl (C=O) groups is 1. The van der Waals surface area contributed by atoms with E-state index in [2.05, 4.69) is 10.1 Å². The minimum Gasteiger partial charge on any atom is -0.381 e. The Morgan fingerprint density at radius 1 is 1.56 bits per heavy atom. The summed E-state index contributed by atoms with van der Waals surface area (Å²) in [5.41, 5.74) is 0. The number of aromatic nitrogens is 2. The van der Waals surface area contributed by atoms with Crippen LogP contribution in [0, 0.1) is 5.92 Å². The van der Waals surface area contributed by atoms with Crippen molar-refractivity contribution >= 4 is 5.91 Å². The number of carbonyl (C=O) groups excluding carboxylic acids is 1. The van der Waals surface area contributed by atoms with Gasteiger partial charge in [-0.05, 0) is 6.42 Å². The highest BCUT2D eigenvalue weighted by molar-refractivity contribution is 5.78. The van der Waals surface area contributed by atoms with Crippen LogP contribution in [-0.4, -0.2) is 41.2 Å². The van der Waals surface area contributed by atoms with Crippen molar-refractivity contribution in [1.82, 2.24) is 15.0 Å². The lowest BCUT2D eigenvalue weighted by Crippen LogP contribution is -2.33. The molecule has 1 atom stereocenters. The van der Waals surface area contributed by atoms with Crippen molar-refractivity contribution in [2.75, 3.05) is 20.3 Å². The van der Waals surface area contributed by atoms with Crippen LogP contribution in [0.1, 0.15) is 37.9 Å². The Kier molecular flexibility index (Phi) is 3.96. The second-order valence-electron chi connectivity index (χ2n) is 4.96. The van der Waals surface area contributed by atoms with Gasteiger partial charge in [-0.3, -0.25) is 4.79 Å². The predicted octanol–water partition coefficient (Wildman–Crippen LogP) is 1.19. The molecule has 100 valence electrons. The summed E-state index contributed by atoms with van der Waals surface area (Å²) in [6.45, 7) is 5.55. The number of ether oxygens (including phenoxy) is 1. The topological polar surface area (TPSA) is 68.5 Å². The van der Waals surface area contributed by atoms with Gasteiger partial charge in [-0.1, -0.05) is 19.0 Å². The molecule has 2 rings (SSSR count). The van der Waals surface area contributed by atoms with Crippen molar-refractivity contribution in [2.45, 2.75) is 32.7 Å². The number of rotatable bonds is 4. The highest BCUT2D eigenvalue weighted by atomic mass is 16.5. The molecule has 2 heterocycles. The van der Waals surface area contributed by atoms with Gasteiger partial charge in [0.1, 0.15) is 0 Å². The molecule has 1 saturated heterocycles. The number of nitrogens with zero attached hydrogens (tertiary/aromatic N) is 3. The summed E-state index contributed by atoms with van der Waals surface area (Å²) >= 11 is 0. The van der Waals surface area contributed by atoms with E-state index in [1.807, 2.05) is 13.8 Å². The lowest BCUT2D eigenvalue weighted by molar-refractivity contribution is -0.134. The van der Waals surface area contributed by atoms with E-state index in [4.69, 9.17) is 9.26 Å². The molecular formula is C12H19N3O3. The van der Waals surface area contributed by atoms with Gasteiger partial charge in [0.15, 0.2) is 5.82 Å².